The second-order valence-corrected chi connectivity index (χ2v) is 4.59. The third kappa shape index (κ3) is 3.21. The van der Waals surface area contributed by atoms with Crippen LogP contribution in [0.3, 0.4) is 0 Å². The van der Waals surface area contributed by atoms with Crippen molar-refractivity contribution in [2.24, 2.45) is 5.41 Å². The van der Waals surface area contributed by atoms with Crippen LogP contribution in [0.5, 0.6) is 0 Å². The molecule has 1 aliphatic carbocycles. The van der Waals surface area contributed by atoms with Crippen molar-refractivity contribution in [1.29, 1.82) is 10.5 Å². The highest BCUT2D eigenvalue weighted by Gasteiger charge is 2.43. The van der Waals surface area contributed by atoms with Crippen LogP contribution >= 0.6 is 0 Å². The summed E-state index contributed by atoms with van der Waals surface area (Å²) in [6.07, 6.45) is 3.42. The van der Waals surface area contributed by atoms with Crippen LogP contribution < -0.4 is 0 Å². The fourth-order valence-electron chi connectivity index (χ4n) is 2.36. The fraction of sp³-hybridized carbons (Fsp3) is 0.769. The molecule has 0 atom stereocenters. The summed E-state index contributed by atoms with van der Waals surface area (Å²) in [7, 11) is 1.57. The average Bonchev–Trinajstić information content (AvgIpc) is 2.88. The highest BCUT2D eigenvalue weighted by atomic mass is 16.5. The number of carbonyl (C=O) groups is 1. The first-order valence-corrected chi connectivity index (χ1v) is 6.26. The van der Waals surface area contributed by atoms with Gasteiger partial charge in [0.15, 0.2) is 0 Å². The summed E-state index contributed by atoms with van der Waals surface area (Å²) < 4.78 is 4.97. The van der Waals surface area contributed by atoms with E-state index in [1.54, 1.807) is 12.0 Å². The summed E-state index contributed by atoms with van der Waals surface area (Å²) >= 11 is 0. The maximum atomic E-state index is 12.4. The zero-order chi connectivity index (χ0) is 13.4. The van der Waals surface area contributed by atoms with Gasteiger partial charge in [0, 0.05) is 20.2 Å². The first kappa shape index (κ1) is 14.5. The van der Waals surface area contributed by atoms with Crippen molar-refractivity contribution in [3.8, 4) is 12.1 Å². The average molecular weight is 249 g/mol. The minimum atomic E-state index is -0.858. The second-order valence-electron chi connectivity index (χ2n) is 4.59. The van der Waals surface area contributed by atoms with E-state index in [4.69, 9.17) is 10.00 Å². The third-order valence-corrected chi connectivity index (χ3v) is 3.43. The van der Waals surface area contributed by atoms with Crippen LogP contribution in [0.4, 0.5) is 0 Å². The molecule has 0 aromatic heterocycles. The molecule has 0 N–H and O–H groups in total. The van der Waals surface area contributed by atoms with Crippen LogP contribution in [0, 0.1) is 28.1 Å². The molecule has 0 spiro atoms. The predicted molar refractivity (Wildman–Crippen MR) is 65.2 cm³/mol. The van der Waals surface area contributed by atoms with Crippen LogP contribution in [0.1, 0.15) is 32.1 Å². The van der Waals surface area contributed by atoms with Gasteiger partial charge in [0.2, 0.25) is 5.91 Å². The molecule has 0 radical (unpaired) electrons. The van der Waals surface area contributed by atoms with Gasteiger partial charge in [-0.1, -0.05) is 12.8 Å². The van der Waals surface area contributed by atoms with Crippen LogP contribution in [0.15, 0.2) is 0 Å². The fourth-order valence-corrected chi connectivity index (χ4v) is 2.36. The number of methoxy groups -OCH3 is 1. The minimum absolute atomic E-state index is 0.130. The number of nitrogens with zero attached hydrogens (tertiary/aromatic N) is 3. The summed E-state index contributed by atoms with van der Waals surface area (Å²) in [6.45, 7) is 1.25. The lowest BCUT2D eigenvalue weighted by atomic mass is 9.86. The third-order valence-electron chi connectivity index (χ3n) is 3.43. The Hall–Kier alpha value is -1.59. The lowest BCUT2D eigenvalue weighted by molar-refractivity contribution is -0.139. The molecular formula is C13H19N3O2. The summed E-state index contributed by atoms with van der Waals surface area (Å²) in [5.74, 6) is -0.130. The molecule has 0 aromatic carbocycles. The van der Waals surface area contributed by atoms with Crippen LogP contribution in [0.2, 0.25) is 0 Å². The number of rotatable bonds is 6. The zero-order valence-corrected chi connectivity index (χ0v) is 10.8. The van der Waals surface area contributed by atoms with E-state index >= 15 is 0 Å². The highest BCUT2D eigenvalue weighted by Crippen LogP contribution is 2.39. The van der Waals surface area contributed by atoms with E-state index in [-0.39, 0.29) is 12.3 Å². The molecule has 1 amide bonds. The van der Waals surface area contributed by atoms with E-state index in [2.05, 4.69) is 6.07 Å². The normalized spacial score (nSPS) is 16.8. The number of carbonyl (C=O) groups excluding carboxylic acids is 1. The van der Waals surface area contributed by atoms with Gasteiger partial charge in [-0.15, -0.1) is 0 Å². The van der Waals surface area contributed by atoms with Gasteiger partial charge in [-0.2, -0.15) is 10.5 Å². The molecule has 1 fully saturated rings. The Bertz CT molecular complexity index is 361. The molecule has 0 bridgehead atoms. The molecule has 1 saturated carbocycles. The van der Waals surface area contributed by atoms with Gasteiger partial charge in [-0.3, -0.25) is 4.79 Å². The Labute approximate surface area is 108 Å². The summed E-state index contributed by atoms with van der Waals surface area (Å²) in [5.41, 5.74) is -0.858. The maximum absolute atomic E-state index is 12.4. The van der Waals surface area contributed by atoms with Crippen molar-refractivity contribution in [3.63, 3.8) is 0 Å². The summed E-state index contributed by atoms with van der Waals surface area (Å²) in [5, 5.41) is 17.9. The Morgan fingerprint density at radius 2 is 2.00 bits per heavy atom. The summed E-state index contributed by atoms with van der Waals surface area (Å²) in [4.78, 5) is 14.0. The first-order valence-electron chi connectivity index (χ1n) is 6.26. The molecule has 0 aromatic rings. The smallest absolute Gasteiger partial charge is 0.243 e. The van der Waals surface area contributed by atoms with Gasteiger partial charge < -0.3 is 9.64 Å². The molecule has 18 heavy (non-hydrogen) atoms. The second kappa shape index (κ2) is 6.98. The topological polar surface area (TPSA) is 77.1 Å². The number of nitriles is 2. The van der Waals surface area contributed by atoms with E-state index in [9.17, 15) is 10.1 Å². The summed E-state index contributed by atoms with van der Waals surface area (Å²) in [6, 6.07) is 4.23. The zero-order valence-electron chi connectivity index (χ0n) is 10.8. The molecule has 5 nitrogen and oxygen atoms in total. The molecule has 1 aliphatic rings. The Balaban J connectivity index is 2.74. The van der Waals surface area contributed by atoms with Gasteiger partial charge in [0.1, 0.15) is 5.41 Å². The molecule has 0 heterocycles. The lowest BCUT2D eigenvalue weighted by Gasteiger charge is -2.29. The van der Waals surface area contributed by atoms with E-state index in [1.807, 2.05) is 6.07 Å². The number of hydrogen-bond donors (Lipinski definition) is 0. The van der Waals surface area contributed by atoms with Crippen molar-refractivity contribution < 1.29 is 9.53 Å². The van der Waals surface area contributed by atoms with Gasteiger partial charge in [-0.25, -0.2) is 0 Å². The van der Waals surface area contributed by atoms with Gasteiger partial charge in [-0.05, 0) is 12.8 Å². The lowest BCUT2D eigenvalue weighted by Crippen LogP contribution is -2.44. The standard InChI is InChI=1S/C13H19N3O2/c1-18-10-9-16(8-4-7-14)12(17)13(11-15)5-2-3-6-13/h2-6,8-10H2,1H3. The van der Waals surface area contributed by atoms with Crippen molar-refractivity contribution in [2.75, 3.05) is 26.8 Å². The SMILES string of the molecule is COCCN(CCC#N)C(=O)C1(C#N)CCCC1. The minimum Gasteiger partial charge on any atom is -0.383 e. The number of hydrogen-bond acceptors (Lipinski definition) is 4. The number of amides is 1. The molecule has 5 heteroatoms. The largest absolute Gasteiger partial charge is 0.383 e. The molecular weight excluding hydrogens is 230 g/mol. The van der Waals surface area contributed by atoms with Crippen molar-refractivity contribution in [2.45, 2.75) is 32.1 Å². The van der Waals surface area contributed by atoms with E-state index in [0.29, 0.717) is 32.5 Å². The van der Waals surface area contributed by atoms with Gasteiger partial charge in [0.25, 0.3) is 0 Å². The Morgan fingerprint density at radius 1 is 1.33 bits per heavy atom. The molecule has 98 valence electrons. The predicted octanol–water partition coefficient (Wildman–Crippen LogP) is 1.46. The van der Waals surface area contributed by atoms with Crippen LogP contribution in [-0.2, 0) is 9.53 Å². The van der Waals surface area contributed by atoms with E-state index in [1.165, 1.54) is 0 Å². The maximum Gasteiger partial charge on any atom is 0.243 e. The highest BCUT2D eigenvalue weighted by molar-refractivity contribution is 5.85. The Morgan fingerprint density at radius 3 is 2.50 bits per heavy atom. The monoisotopic (exact) mass is 249 g/mol. The van der Waals surface area contributed by atoms with Crippen molar-refractivity contribution in [1.82, 2.24) is 4.90 Å². The van der Waals surface area contributed by atoms with Crippen LogP contribution in [-0.4, -0.2) is 37.6 Å². The first-order chi connectivity index (χ1) is 8.70. The molecule has 0 aliphatic heterocycles. The van der Waals surface area contributed by atoms with Crippen LogP contribution in [0.25, 0.3) is 0 Å². The van der Waals surface area contributed by atoms with Gasteiger partial charge in [0.05, 0.1) is 25.2 Å². The number of ether oxygens (including phenoxy) is 1. The Kier molecular flexibility index (Phi) is 5.61. The van der Waals surface area contributed by atoms with Gasteiger partial charge >= 0.3 is 0 Å². The molecule has 0 unspecified atom stereocenters. The van der Waals surface area contributed by atoms with Crippen molar-refractivity contribution in [3.05, 3.63) is 0 Å². The molecule has 0 saturated heterocycles. The quantitative estimate of drug-likeness (QED) is 0.714. The van der Waals surface area contributed by atoms with E-state index < -0.39 is 5.41 Å². The van der Waals surface area contributed by atoms with E-state index in [0.717, 1.165) is 12.8 Å². The van der Waals surface area contributed by atoms with Crippen molar-refractivity contribution >= 4 is 5.91 Å². The molecule has 1 rings (SSSR count).